The molecule has 0 aliphatic carbocycles. The van der Waals surface area contributed by atoms with Crippen LogP contribution in [0.15, 0.2) is 12.4 Å². The van der Waals surface area contributed by atoms with Crippen LogP contribution in [0.4, 0.5) is 0 Å². The highest BCUT2D eigenvalue weighted by atomic mass is 15.5. The molecule has 1 heterocycles. The van der Waals surface area contributed by atoms with E-state index in [9.17, 15) is 0 Å². The minimum absolute atomic E-state index is 0.674. The molecular weight excluding hydrogens is 104 g/mol. The second-order valence-corrected chi connectivity index (χ2v) is 1.41. The van der Waals surface area contributed by atoms with Crippen molar-refractivity contribution in [1.29, 1.82) is 0 Å². The third kappa shape index (κ3) is 1.04. The third-order valence-corrected chi connectivity index (χ3v) is 0.766. The summed E-state index contributed by atoms with van der Waals surface area (Å²) in [6.07, 6.45) is 3.30. The number of hydrogen-bond acceptors (Lipinski definition) is 3. The highest BCUT2D eigenvalue weighted by molar-refractivity contribution is 4.58. The Bertz CT molecular complexity index is 134. The number of aromatic nitrogens is 3. The van der Waals surface area contributed by atoms with Crippen LogP contribution in [0.2, 0.25) is 0 Å². The SMILES string of the molecule is CNCn1nccn1. The lowest BCUT2D eigenvalue weighted by Crippen LogP contribution is -2.14. The molecule has 0 bridgehead atoms. The van der Waals surface area contributed by atoms with Crippen LogP contribution in [0.1, 0.15) is 0 Å². The molecule has 0 saturated carbocycles. The van der Waals surface area contributed by atoms with Crippen LogP contribution >= 0.6 is 0 Å². The van der Waals surface area contributed by atoms with Gasteiger partial charge in [0.1, 0.15) is 6.67 Å². The predicted octanol–water partition coefficient (Wildman–Crippen LogP) is -0.545. The Kier molecular flexibility index (Phi) is 1.58. The zero-order chi connectivity index (χ0) is 5.82. The summed E-state index contributed by atoms with van der Waals surface area (Å²) < 4.78 is 0. The Labute approximate surface area is 47.5 Å². The number of nitrogens with zero attached hydrogens (tertiary/aromatic N) is 3. The molecule has 1 N–H and O–H groups in total. The van der Waals surface area contributed by atoms with Crippen molar-refractivity contribution < 1.29 is 0 Å². The highest BCUT2D eigenvalue weighted by Gasteiger charge is 1.82. The fraction of sp³-hybridized carbons (Fsp3) is 0.500. The highest BCUT2D eigenvalue weighted by Crippen LogP contribution is 1.70. The Morgan fingerprint density at radius 3 is 2.62 bits per heavy atom. The fourth-order valence-corrected chi connectivity index (χ4v) is 0.466. The zero-order valence-electron chi connectivity index (χ0n) is 4.70. The number of rotatable bonds is 2. The van der Waals surface area contributed by atoms with E-state index in [1.807, 2.05) is 7.05 Å². The van der Waals surface area contributed by atoms with Gasteiger partial charge in [-0.2, -0.15) is 15.0 Å². The van der Waals surface area contributed by atoms with E-state index >= 15 is 0 Å². The molecule has 0 aliphatic rings. The molecule has 44 valence electrons. The van der Waals surface area contributed by atoms with Crippen molar-refractivity contribution in [1.82, 2.24) is 20.3 Å². The zero-order valence-corrected chi connectivity index (χ0v) is 4.70. The van der Waals surface area contributed by atoms with Gasteiger partial charge in [0.15, 0.2) is 0 Å². The van der Waals surface area contributed by atoms with Gasteiger partial charge in [-0.25, -0.2) is 0 Å². The molecule has 0 saturated heterocycles. The molecule has 1 aromatic heterocycles. The van der Waals surface area contributed by atoms with E-state index in [1.54, 1.807) is 17.2 Å². The molecule has 0 fully saturated rings. The summed E-state index contributed by atoms with van der Waals surface area (Å²) in [7, 11) is 1.85. The first-order chi connectivity index (χ1) is 3.93. The van der Waals surface area contributed by atoms with Crippen LogP contribution < -0.4 is 5.32 Å². The summed E-state index contributed by atoms with van der Waals surface area (Å²) in [4.78, 5) is 1.57. The molecule has 0 spiro atoms. The average molecular weight is 112 g/mol. The van der Waals surface area contributed by atoms with E-state index in [-0.39, 0.29) is 0 Å². The van der Waals surface area contributed by atoms with Gasteiger partial charge in [0.25, 0.3) is 0 Å². The van der Waals surface area contributed by atoms with Crippen molar-refractivity contribution in [3.63, 3.8) is 0 Å². The monoisotopic (exact) mass is 112 g/mol. The van der Waals surface area contributed by atoms with Gasteiger partial charge < -0.3 is 0 Å². The maximum absolute atomic E-state index is 3.85. The van der Waals surface area contributed by atoms with Gasteiger partial charge in [0, 0.05) is 0 Å². The molecule has 1 aromatic rings. The standard InChI is InChI=1S/C4H8N4/c1-5-4-8-6-2-3-7-8/h2-3,5H,4H2,1H3. The van der Waals surface area contributed by atoms with Gasteiger partial charge in [-0.3, -0.25) is 5.32 Å². The van der Waals surface area contributed by atoms with E-state index in [4.69, 9.17) is 0 Å². The van der Waals surface area contributed by atoms with Crippen LogP contribution in [0.25, 0.3) is 0 Å². The molecule has 4 heteroatoms. The van der Waals surface area contributed by atoms with Crippen molar-refractivity contribution in [2.45, 2.75) is 6.67 Å². The number of hydrogen-bond donors (Lipinski definition) is 1. The molecule has 0 radical (unpaired) electrons. The first-order valence-electron chi connectivity index (χ1n) is 2.42. The van der Waals surface area contributed by atoms with Gasteiger partial charge in [-0.05, 0) is 7.05 Å². The Balaban J connectivity index is 2.50. The summed E-state index contributed by atoms with van der Waals surface area (Å²) >= 11 is 0. The molecule has 0 aliphatic heterocycles. The lowest BCUT2D eigenvalue weighted by Gasteiger charge is -1.93. The Morgan fingerprint density at radius 2 is 2.12 bits per heavy atom. The van der Waals surface area contributed by atoms with E-state index in [2.05, 4.69) is 15.5 Å². The third-order valence-electron chi connectivity index (χ3n) is 0.766. The molecule has 0 amide bonds. The minimum Gasteiger partial charge on any atom is -0.300 e. The van der Waals surface area contributed by atoms with Gasteiger partial charge in [0.2, 0.25) is 0 Å². The summed E-state index contributed by atoms with van der Waals surface area (Å²) in [5.41, 5.74) is 0. The Morgan fingerprint density at radius 1 is 1.50 bits per heavy atom. The minimum atomic E-state index is 0.674. The first-order valence-corrected chi connectivity index (χ1v) is 2.42. The average Bonchev–Trinajstić information content (AvgIpc) is 2.19. The van der Waals surface area contributed by atoms with Crippen LogP contribution in [0, 0.1) is 0 Å². The topological polar surface area (TPSA) is 42.7 Å². The van der Waals surface area contributed by atoms with E-state index in [0.717, 1.165) is 0 Å². The first kappa shape index (κ1) is 5.24. The normalized spacial score (nSPS) is 9.62. The van der Waals surface area contributed by atoms with Crippen LogP contribution in [-0.4, -0.2) is 22.0 Å². The summed E-state index contributed by atoms with van der Waals surface area (Å²) in [6.45, 7) is 0.674. The maximum Gasteiger partial charge on any atom is 0.110 e. The van der Waals surface area contributed by atoms with Crippen LogP contribution in [0.5, 0.6) is 0 Å². The lowest BCUT2D eigenvalue weighted by molar-refractivity contribution is 0.492. The molecule has 0 unspecified atom stereocenters. The van der Waals surface area contributed by atoms with Crippen molar-refractivity contribution in [2.75, 3.05) is 7.05 Å². The summed E-state index contributed by atoms with van der Waals surface area (Å²) in [5.74, 6) is 0. The quantitative estimate of drug-likeness (QED) is 0.558. The smallest absolute Gasteiger partial charge is 0.110 e. The fourth-order valence-electron chi connectivity index (χ4n) is 0.466. The summed E-state index contributed by atoms with van der Waals surface area (Å²) in [6, 6.07) is 0. The second kappa shape index (κ2) is 2.42. The van der Waals surface area contributed by atoms with Gasteiger partial charge in [0.05, 0.1) is 12.4 Å². The Hall–Kier alpha value is -0.900. The molecule has 4 nitrogen and oxygen atoms in total. The van der Waals surface area contributed by atoms with E-state index in [0.29, 0.717) is 6.67 Å². The predicted molar refractivity (Wildman–Crippen MR) is 29.1 cm³/mol. The van der Waals surface area contributed by atoms with Crippen molar-refractivity contribution in [2.24, 2.45) is 0 Å². The molecule has 0 atom stereocenters. The van der Waals surface area contributed by atoms with Crippen molar-refractivity contribution in [3.05, 3.63) is 12.4 Å². The molecular formula is C4H8N4. The lowest BCUT2D eigenvalue weighted by atomic mass is 11.0. The van der Waals surface area contributed by atoms with Crippen molar-refractivity contribution in [3.8, 4) is 0 Å². The number of nitrogens with one attached hydrogen (secondary N) is 1. The van der Waals surface area contributed by atoms with Crippen LogP contribution in [0.3, 0.4) is 0 Å². The largest absolute Gasteiger partial charge is 0.300 e. The maximum atomic E-state index is 3.85. The van der Waals surface area contributed by atoms with Gasteiger partial charge in [-0.1, -0.05) is 0 Å². The second-order valence-electron chi connectivity index (χ2n) is 1.41. The van der Waals surface area contributed by atoms with Gasteiger partial charge >= 0.3 is 0 Å². The van der Waals surface area contributed by atoms with Gasteiger partial charge in [-0.15, -0.1) is 0 Å². The van der Waals surface area contributed by atoms with E-state index in [1.165, 1.54) is 0 Å². The van der Waals surface area contributed by atoms with E-state index < -0.39 is 0 Å². The summed E-state index contributed by atoms with van der Waals surface area (Å²) in [5, 5.41) is 10.6. The molecule has 8 heavy (non-hydrogen) atoms. The van der Waals surface area contributed by atoms with Crippen molar-refractivity contribution >= 4 is 0 Å². The molecule has 0 aromatic carbocycles. The molecule has 1 rings (SSSR count). The van der Waals surface area contributed by atoms with Crippen LogP contribution in [-0.2, 0) is 6.67 Å².